The molecule has 0 spiro atoms. The Hall–Kier alpha value is -2.54. The molecule has 3 rings (SSSR count). The molecule has 0 aromatic heterocycles. The maximum atomic E-state index is 12.5. The van der Waals surface area contributed by atoms with Gasteiger partial charge >= 0.3 is 6.36 Å². The highest BCUT2D eigenvalue weighted by Crippen LogP contribution is 2.27. The molecule has 0 aliphatic carbocycles. The average Bonchev–Trinajstić information content (AvgIpc) is 2.67. The number of anilines is 1. The van der Waals surface area contributed by atoms with Crippen LogP contribution in [0.1, 0.15) is 35.2 Å². The lowest BCUT2D eigenvalue weighted by Gasteiger charge is -2.26. The van der Waals surface area contributed by atoms with E-state index >= 15 is 0 Å². The molecule has 1 aliphatic heterocycles. The Morgan fingerprint density at radius 3 is 2.54 bits per heavy atom. The monoisotopic (exact) mass is 392 g/mol. The number of alkyl halides is 3. The fraction of sp³-hybridized carbons (Fsp3) is 0.381. The number of para-hydroxylation sites is 1. The molecule has 0 radical (unpaired) electrons. The number of benzene rings is 2. The molecule has 0 atom stereocenters. The summed E-state index contributed by atoms with van der Waals surface area (Å²) in [6.07, 6.45) is -0.245. The van der Waals surface area contributed by atoms with Gasteiger partial charge < -0.3 is 15.0 Å². The van der Waals surface area contributed by atoms with Crippen molar-refractivity contribution in [2.45, 2.75) is 32.0 Å². The van der Waals surface area contributed by atoms with Crippen LogP contribution in [0.15, 0.2) is 48.5 Å². The Balaban J connectivity index is 1.64. The van der Waals surface area contributed by atoms with Crippen molar-refractivity contribution in [3.05, 3.63) is 59.7 Å². The van der Waals surface area contributed by atoms with Gasteiger partial charge in [0.2, 0.25) is 0 Å². The number of carbonyl (C=O) groups excluding carboxylic acids is 1. The number of piperidine rings is 1. The van der Waals surface area contributed by atoms with E-state index in [-0.39, 0.29) is 5.56 Å². The van der Waals surface area contributed by atoms with Crippen molar-refractivity contribution in [3.8, 4) is 5.75 Å². The number of halogens is 3. The quantitative estimate of drug-likeness (QED) is 0.763. The number of likely N-dealkylation sites (tertiary alicyclic amines) is 1. The van der Waals surface area contributed by atoms with Gasteiger partial charge in [-0.05, 0) is 62.2 Å². The summed E-state index contributed by atoms with van der Waals surface area (Å²) in [5.41, 5.74) is 1.45. The predicted molar refractivity (Wildman–Crippen MR) is 102 cm³/mol. The molecule has 1 heterocycles. The van der Waals surface area contributed by atoms with Crippen molar-refractivity contribution in [2.75, 3.05) is 25.0 Å². The summed E-state index contributed by atoms with van der Waals surface area (Å²) in [7, 11) is 0. The van der Waals surface area contributed by atoms with E-state index in [9.17, 15) is 18.0 Å². The molecule has 1 amide bonds. The SMILES string of the molecule is O=C(Nc1cccc(CCN2CCCCC2)c1)c1ccccc1OC(F)(F)F. The number of nitrogens with one attached hydrogen (secondary N) is 1. The second-order valence-electron chi connectivity index (χ2n) is 6.85. The lowest BCUT2D eigenvalue weighted by Crippen LogP contribution is -2.31. The third kappa shape index (κ3) is 5.99. The first-order valence-corrected chi connectivity index (χ1v) is 9.38. The van der Waals surface area contributed by atoms with Gasteiger partial charge in [0.1, 0.15) is 5.75 Å². The number of amides is 1. The van der Waals surface area contributed by atoms with E-state index in [4.69, 9.17) is 0 Å². The van der Waals surface area contributed by atoms with E-state index in [1.165, 1.54) is 37.5 Å². The third-order valence-electron chi connectivity index (χ3n) is 4.71. The van der Waals surface area contributed by atoms with Crippen LogP contribution in [0.25, 0.3) is 0 Å². The minimum absolute atomic E-state index is 0.168. The van der Waals surface area contributed by atoms with Crippen LogP contribution in [0.2, 0.25) is 0 Å². The van der Waals surface area contributed by atoms with E-state index in [1.807, 2.05) is 18.2 Å². The topological polar surface area (TPSA) is 41.6 Å². The molecule has 150 valence electrons. The molecule has 0 unspecified atom stereocenters. The summed E-state index contributed by atoms with van der Waals surface area (Å²) in [5, 5.41) is 2.66. The maximum Gasteiger partial charge on any atom is 0.573 e. The van der Waals surface area contributed by atoms with Gasteiger partial charge in [0.25, 0.3) is 5.91 Å². The van der Waals surface area contributed by atoms with Crippen molar-refractivity contribution in [1.29, 1.82) is 0 Å². The Labute approximate surface area is 162 Å². The molecule has 4 nitrogen and oxygen atoms in total. The van der Waals surface area contributed by atoms with E-state index < -0.39 is 18.0 Å². The van der Waals surface area contributed by atoms with Crippen LogP contribution in [-0.4, -0.2) is 36.8 Å². The first-order chi connectivity index (χ1) is 13.4. The number of hydrogen-bond donors (Lipinski definition) is 1. The lowest BCUT2D eigenvalue weighted by atomic mass is 10.1. The molecule has 2 aromatic carbocycles. The second-order valence-corrected chi connectivity index (χ2v) is 6.85. The maximum absolute atomic E-state index is 12.5. The summed E-state index contributed by atoms with van der Waals surface area (Å²) in [4.78, 5) is 14.9. The van der Waals surface area contributed by atoms with Crippen LogP contribution in [0.5, 0.6) is 5.75 Å². The van der Waals surface area contributed by atoms with Crippen LogP contribution in [0.4, 0.5) is 18.9 Å². The van der Waals surface area contributed by atoms with Crippen LogP contribution >= 0.6 is 0 Å². The zero-order valence-corrected chi connectivity index (χ0v) is 15.5. The Morgan fingerprint density at radius 2 is 1.79 bits per heavy atom. The molecule has 1 fully saturated rings. The molecule has 1 N–H and O–H groups in total. The lowest BCUT2D eigenvalue weighted by molar-refractivity contribution is -0.274. The number of rotatable bonds is 6. The smallest absolute Gasteiger partial charge is 0.405 e. The highest BCUT2D eigenvalue weighted by Gasteiger charge is 2.32. The first kappa shape index (κ1) is 20.2. The standard InChI is InChI=1S/C21H23F3N2O2/c22-21(23,24)28-19-10-3-2-9-18(19)20(27)25-17-8-6-7-16(15-17)11-14-26-12-4-1-5-13-26/h2-3,6-10,15H,1,4-5,11-14H2,(H,25,27). The fourth-order valence-electron chi connectivity index (χ4n) is 3.34. The van der Waals surface area contributed by atoms with E-state index in [0.29, 0.717) is 5.69 Å². The summed E-state index contributed by atoms with van der Waals surface area (Å²) in [6.45, 7) is 3.19. The molecule has 2 aromatic rings. The van der Waals surface area contributed by atoms with Crippen molar-refractivity contribution in [2.24, 2.45) is 0 Å². The van der Waals surface area contributed by atoms with Crippen molar-refractivity contribution in [3.63, 3.8) is 0 Å². The number of hydrogen-bond acceptors (Lipinski definition) is 3. The fourth-order valence-corrected chi connectivity index (χ4v) is 3.34. The average molecular weight is 392 g/mol. The van der Waals surface area contributed by atoms with Crippen LogP contribution < -0.4 is 10.1 Å². The molecular weight excluding hydrogens is 369 g/mol. The van der Waals surface area contributed by atoms with E-state index in [1.54, 1.807) is 6.07 Å². The van der Waals surface area contributed by atoms with Gasteiger partial charge in [-0.3, -0.25) is 4.79 Å². The minimum atomic E-state index is -4.86. The Kier molecular flexibility index (Phi) is 6.57. The van der Waals surface area contributed by atoms with Crippen molar-refractivity contribution in [1.82, 2.24) is 4.90 Å². The van der Waals surface area contributed by atoms with Gasteiger partial charge in [-0.2, -0.15) is 0 Å². The molecule has 0 saturated carbocycles. The highest BCUT2D eigenvalue weighted by atomic mass is 19.4. The van der Waals surface area contributed by atoms with Gasteiger partial charge in [-0.25, -0.2) is 0 Å². The molecular formula is C21H23F3N2O2. The van der Waals surface area contributed by atoms with Crippen molar-refractivity contribution >= 4 is 11.6 Å². The normalized spacial score (nSPS) is 15.2. The van der Waals surface area contributed by atoms with Gasteiger partial charge in [0.15, 0.2) is 0 Å². The first-order valence-electron chi connectivity index (χ1n) is 9.38. The van der Waals surface area contributed by atoms with E-state index in [2.05, 4.69) is 15.0 Å². The van der Waals surface area contributed by atoms with Gasteiger partial charge in [0.05, 0.1) is 5.56 Å². The number of ether oxygens (including phenoxy) is 1. The third-order valence-corrected chi connectivity index (χ3v) is 4.71. The minimum Gasteiger partial charge on any atom is -0.405 e. The zero-order valence-electron chi connectivity index (χ0n) is 15.5. The molecule has 1 aliphatic rings. The molecule has 28 heavy (non-hydrogen) atoms. The molecule has 0 bridgehead atoms. The van der Waals surface area contributed by atoms with Crippen LogP contribution in [0, 0.1) is 0 Å². The van der Waals surface area contributed by atoms with Gasteiger partial charge in [-0.1, -0.05) is 30.7 Å². The second kappa shape index (κ2) is 9.10. The Bertz CT molecular complexity index is 802. The summed E-state index contributed by atoms with van der Waals surface area (Å²) in [6, 6.07) is 12.7. The van der Waals surface area contributed by atoms with Crippen LogP contribution in [0.3, 0.4) is 0 Å². The molecule has 1 saturated heterocycles. The van der Waals surface area contributed by atoms with Crippen LogP contribution in [-0.2, 0) is 6.42 Å². The van der Waals surface area contributed by atoms with Gasteiger partial charge in [-0.15, -0.1) is 13.2 Å². The summed E-state index contributed by atoms with van der Waals surface area (Å²) < 4.78 is 41.6. The number of nitrogens with zero attached hydrogens (tertiary/aromatic N) is 1. The number of carbonyl (C=O) groups is 1. The van der Waals surface area contributed by atoms with Crippen molar-refractivity contribution < 1.29 is 22.7 Å². The Morgan fingerprint density at radius 1 is 1.04 bits per heavy atom. The zero-order chi connectivity index (χ0) is 20.0. The predicted octanol–water partition coefficient (Wildman–Crippen LogP) is 4.87. The van der Waals surface area contributed by atoms with E-state index in [0.717, 1.165) is 37.7 Å². The summed E-state index contributed by atoms with van der Waals surface area (Å²) in [5.74, 6) is -1.17. The summed E-state index contributed by atoms with van der Waals surface area (Å²) >= 11 is 0. The largest absolute Gasteiger partial charge is 0.573 e. The van der Waals surface area contributed by atoms with Gasteiger partial charge in [0, 0.05) is 12.2 Å². The highest BCUT2D eigenvalue weighted by molar-refractivity contribution is 6.06. The molecule has 7 heteroatoms.